The lowest BCUT2D eigenvalue weighted by Gasteiger charge is -2.35. The number of aliphatic imine (C=N–C) groups is 1. The van der Waals surface area contributed by atoms with E-state index >= 15 is 0 Å². The third kappa shape index (κ3) is 2.93. The lowest BCUT2D eigenvalue weighted by atomic mass is 10.2. The zero-order valence-corrected chi connectivity index (χ0v) is 15.6. The molecule has 0 amide bonds. The molecule has 0 bridgehead atoms. The molecule has 0 radical (unpaired) electrons. The van der Waals surface area contributed by atoms with E-state index in [1.807, 2.05) is 0 Å². The maximum absolute atomic E-state index is 12.8. The highest BCUT2D eigenvalue weighted by atomic mass is 32.2. The van der Waals surface area contributed by atoms with Crippen molar-refractivity contribution in [1.82, 2.24) is 10.1 Å². The predicted molar refractivity (Wildman–Crippen MR) is 99.2 cm³/mol. The number of rotatable bonds is 2. The lowest BCUT2D eigenvalue weighted by molar-refractivity contribution is -0.141. The van der Waals surface area contributed by atoms with Gasteiger partial charge in [-0.2, -0.15) is 13.2 Å². The average molecular weight is 411 g/mol. The van der Waals surface area contributed by atoms with Crippen LogP contribution in [-0.2, 0) is 6.18 Å². The molecule has 2 atom stereocenters. The van der Waals surface area contributed by atoms with E-state index in [2.05, 4.69) is 15.1 Å². The van der Waals surface area contributed by atoms with Gasteiger partial charge in [-0.1, -0.05) is 16.9 Å². The second-order valence-corrected chi connectivity index (χ2v) is 7.34. The Kier molecular flexibility index (Phi) is 4.36. The molecule has 0 saturated heterocycles. The summed E-state index contributed by atoms with van der Waals surface area (Å²) in [5.41, 5.74) is 13.6. The number of anilines is 2. The Morgan fingerprint density at radius 2 is 1.96 bits per heavy atom. The summed E-state index contributed by atoms with van der Waals surface area (Å²) in [5, 5.41) is 4.59. The first-order valence-corrected chi connectivity index (χ1v) is 9.06. The average Bonchev–Trinajstić information content (AvgIpc) is 3.13. The third-order valence-corrected chi connectivity index (χ3v) is 5.41. The molecule has 2 aliphatic heterocycles. The van der Waals surface area contributed by atoms with Gasteiger partial charge in [-0.25, -0.2) is 9.98 Å². The van der Waals surface area contributed by atoms with E-state index in [1.165, 1.54) is 29.1 Å². The van der Waals surface area contributed by atoms with Crippen molar-refractivity contribution in [2.75, 3.05) is 9.80 Å². The van der Waals surface area contributed by atoms with Gasteiger partial charge in [-0.3, -0.25) is 0 Å². The Balaban J connectivity index is 1.69. The van der Waals surface area contributed by atoms with Gasteiger partial charge < -0.3 is 25.8 Å². The molecule has 2 aromatic rings. The molecule has 2 unspecified atom stereocenters. The van der Waals surface area contributed by atoms with Gasteiger partial charge in [0.25, 0.3) is 0 Å². The molecule has 0 spiro atoms. The number of aryl methyl sites for hydroxylation is 2. The van der Waals surface area contributed by atoms with E-state index in [0.29, 0.717) is 33.6 Å². The molecule has 4 heterocycles. The highest BCUT2D eigenvalue weighted by Crippen LogP contribution is 2.45. The fraction of sp³-hybridized carbons (Fsp3) is 0.312. The number of nitrogens with zero attached hydrogens (tertiary/aromatic N) is 5. The molecule has 28 heavy (non-hydrogen) atoms. The molecule has 4 rings (SSSR count). The van der Waals surface area contributed by atoms with Crippen molar-refractivity contribution in [3.63, 3.8) is 0 Å². The quantitative estimate of drug-likeness (QED) is 0.776. The van der Waals surface area contributed by atoms with Gasteiger partial charge in [0.05, 0.1) is 23.9 Å². The second-order valence-electron chi connectivity index (χ2n) is 6.24. The van der Waals surface area contributed by atoms with Crippen molar-refractivity contribution in [2.45, 2.75) is 31.7 Å². The van der Waals surface area contributed by atoms with Crippen molar-refractivity contribution in [3.05, 3.63) is 46.2 Å². The van der Waals surface area contributed by atoms with Crippen LogP contribution in [0.15, 0.2) is 38.6 Å². The maximum atomic E-state index is 12.8. The van der Waals surface area contributed by atoms with Crippen LogP contribution >= 0.6 is 11.8 Å². The number of nitrogens with two attached hydrogens (primary N) is 2. The van der Waals surface area contributed by atoms with Gasteiger partial charge in [-0.15, -0.1) is 0 Å². The van der Waals surface area contributed by atoms with Crippen LogP contribution in [0, 0.1) is 13.8 Å². The number of thioether (sulfide) groups is 1. The molecule has 0 fully saturated rings. The van der Waals surface area contributed by atoms with Crippen molar-refractivity contribution in [3.8, 4) is 0 Å². The predicted octanol–water partition coefficient (Wildman–Crippen LogP) is 2.50. The SMILES string of the molecule is Cc1noc(C)c1N1C2=C(N=CN(c3ccc(C(F)(F)F)nc3)C2N)SC1N. The smallest absolute Gasteiger partial charge is 0.359 e. The first kappa shape index (κ1) is 18.8. The zero-order valence-electron chi connectivity index (χ0n) is 14.8. The van der Waals surface area contributed by atoms with Crippen molar-refractivity contribution < 1.29 is 17.7 Å². The van der Waals surface area contributed by atoms with Gasteiger partial charge in [0.1, 0.15) is 33.8 Å². The lowest BCUT2D eigenvalue weighted by Crippen LogP contribution is -2.50. The van der Waals surface area contributed by atoms with Crippen LogP contribution < -0.4 is 21.3 Å². The molecule has 4 N–H and O–H groups in total. The molecular weight excluding hydrogens is 395 g/mol. The second kappa shape index (κ2) is 6.50. The number of pyridine rings is 1. The fourth-order valence-electron chi connectivity index (χ4n) is 3.15. The van der Waals surface area contributed by atoms with Crippen molar-refractivity contribution >= 4 is 29.5 Å². The van der Waals surface area contributed by atoms with Crippen molar-refractivity contribution in [1.29, 1.82) is 0 Å². The van der Waals surface area contributed by atoms with Crippen LogP contribution in [0.3, 0.4) is 0 Å². The summed E-state index contributed by atoms with van der Waals surface area (Å²) in [6.07, 6.45) is -2.67. The van der Waals surface area contributed by atoms with Gasteiger partial charge in [0.2, 0.25) is 0 Å². The molecule has 0 aliphatic carbocycles. The van der Waals surface area contributed by atoms with Crippen LogP contribution in [0.4, 0.5) is 24.5 Å². The van der Waals surface area contributed by atoms with Gasteiger partial charge >= 0.3 is 6.18 Å². The number of halogens is 3. The van der Waals surface area contributed by atoms with E-state index in [-0.39, 0.29) is 0 Å². The van der Waals surface area contributed by atoms with E-state index in [9.17, 15) is 13.2 Å². The van der Waals surface area contributed by atoms with Crippen LogP contribution in [-0.4, -0.2) is 28.1 Å². The molecule has 0 saturated carbocycles. The van der Waals surface area contributed by atoms with Crippen LogP contribution in [0.1, 0.15) is 17.1 Å². The Labute approximate surface area is 162 Å². The van der Waals surface area contributed by atoms with Crippen LogP contribution in [0.5, 0.6) is 0 Å². The molecule has 12 heteroatoms. The fourth-order valence-corrected chi connectivity index (χ4v) is 4.16. The monoisotopic (exact) mass is 411 g/mol. The molecule has 8 nitrogen and oxygen atoms in total. The molecule has 2 aromatic heterocycles. The highest BCUT2D eigenvalue weighted by molar-refractivity contribution is 8.04. The van der Waals surface area contributed by atoms with Gasteiger partial charge in [0.15, 0.2) is 5.76 Å². The Bertz CT molecular complexity index is 950. The standard InChI is InChI=1S/C16H16F3N7OS/c1-7-11(8(2)27-24-7)26-12-13(20)25(6-23-14(12)28-15(26)21)9-3-4-10(22-5-9)16(17,18)19/h3-6,13,15H,20-21H2,1-2H3. The van der Waals surface area contributed by atoms with E-state index in [1.54, 1.807) is 18.7 Å². The Hall–Kier alpha value is -2.57. The Morgan fingerprint density at radius 3 is 2.54 bits per heavy atom. The van der Waals surface area contributed by atoms with Crippen LogP contribution in [0.25, 0.3) is 0 Å². The molecule has 2 aliphatic rings. The van der Waals surface area contributed by atoms with Crippen molar-refractivity contribution in [2.24, 2.45) is 16.5 Å². The van der Waals surface area contributed by atoms with Crippen LogP contribution in [0.2, 0.25) is 0 Å². The zero-order chi connectivity index (χ0) is 20.2. The summed E-state index contributed by atoms with van der Waals surface area (Å²) >= 11 is 1.32. The number of aromatic nitrogens is 2. The minimum Gasteiger partial charge on any atom is -0.359 e. The first-order chi connectivity index (χ1) is 13.2. The summed E-state index contributed by atoms with van der Waals surface area (Å²) in [5.74, 6) is 0.576. The maximum Gasteiger partial charge on any atom is 0.433 e. The summed E-state index contributed by atoms with van der Waals surface area (Å²) in [6.45, 7) is 3.55. The highest BCUT2D eigenvalue weighted by Gasteiger charge is 2.41. The third-order valence-electron chi connectivity index (χ3n) is 4.42. The van der Waals surface area contributed by atoms with E-state index in [0.717, 1.165) is 12.3 Å². The number of alkyl halides is 3. The van der Waals surface area contributed by atoms with Gasteiger partial charge in [-0.05, 0) is 26.0 Å². The topological polar surface area (TPSA) is 110 Å². The summed E-state index contributed by atoms with van der Waals surface area (Å²) in [6, 6.07) is 2.20. The van der Waals surface area contributed by atoms with Gasteiger partial charge in [0, 0.05) is 0 Å². The summed E-state index contributed by atoms with van der Waals surface area (Å²) < 4.78 is 43.5. The molecule has 0 aromatic carbocycles. The number of hydrogen-bond acceptors (Lipinski definition) is 9. The minimum absolute atomic E-state index is 0.375. The van der Waals surface area contributed by atoms with E-state index < -0.39 is 23.5 Å². The largest absolute Gasteiger partial charge is 0.433 e. The summed E-state index contributed by atoms with van der Waals surface area (Å²) in [7, 11) is 0. The Morgan fingerprint density at radius 1 is 1.21 bits per heavy atom. The molecule has 148 valence electrons. The summed E-state index contributed by atoms with van der Waals surface area (Å²) in [4.78, 5) is 11.2. The first-order valence-electron chi connectivity index (χ1n) is 8.18. The normalized spacial score (nSPS) is 22.2. The number of hydrogen-bond donors (Lipinski definition) is 2. The minimum atomic E-state index is -4.51. The molecular formula is C16H16F3N7OS. The van der Waals surface area contributed by atoms with E-state index in [4.69, 9.17) is 16.0 Å².